The molecule has 2 unspecified atom stereocenters. The molecule has 0 spiro atoms. The van der Waals surface area contributed by atoms with Crippen molar-refractivity contribution in [3.63, 3.8) is 0 Å². The van der Waals surface area contributed by atoms with E-state index in [-0.39, 0.29) is 30.5 Å². The fraction of sp³-hybridized carbons (Fsp3) is 0.562. The Balaban J connectivity index is 0.00000161. The van der Waals surface area contributed by atoms with Crippen LogP contribution < -0.4 is 5.32 Å². The third kappa shape index (κ3) is 3.57. The predicted octanol–water partition coefficient (Wildman–Crippen LogP) is 1.76. The zero-order valence-corrected chi connectivity index (χ0v) is 13.2. The summed E-state index contributed by atoms with van der Waals surface area (Å²) in [5.41, 5.74) is 2.61. The van der Waals surface area contributed by atoms with Gasteiger partial charge in [-0.25, -0.2) is 0 Å². The summed E-state index contributed by atoms with van der Waals surface area (Å²) >= 11 is 0. The van der Waals surface area contributed by atoms with Crippen LogP contribution in [0.1, 0.15) is 24.5 Å². The van der Waals surface area contributed by atoms with E-state index in [9.17, 15) is 4.79 Å². The first-order chi connectivity index (χ1) is 9.78. The Kier molecular flexibility index (Phi) is 5.62. The molecule has 4 nitrogen and oxygen atoms in total. The van der Waals surface area contributed by atoms with Crippen molar-refractivity contribution in [3.8, 4) is 0 Å². The number of carbonyl (C=O) groups excluding carboxylic acids is 1. The van der Waals surface area contributed by atoms with Gasteiger partial charge in [-0.3, -0.25) is 4.79 Å². The average Bonchev–Trinajstić information content (AvgIpc) is 2.53. The fourth-order valence-corrected chi connectivity index (χ4v) is 3.02. The molecule has 0 saturated carbocycles. The maximum Gasteiger partial charge on any atom is 0.240 e. The highest BCUT2D eigenvalue weighted by Crippen LogP contribution is 2.18. The van der Waals surface area contributed by atoms with Crippen molar-refractivity contribution in [2.75, 3.05) is 19.7 Å². The summed E-state index contributed by atoms with van der Waals surface area (Å²) in [6, 6.07) is 8.28. The topological polar surface area (TPSA) is 41.6 Å². The third-order valence-corrected chi connectivity index (χ3v) is 4.29. The standard InChI is InChI=1S/C16H22N2O2.ClH/c1-2-14-11-18(7-8-20-14)16(19)15-9-12-5-3-4-6-13(12)10-17-15;/h3-6,14-15,17H,2,7-11H2,1H3;1H. The number of carbonyl (C=O) groups is 1. The molecule has 0 aromatic heterocycles. The molecule has 2 heterocycles. The van der Waals surface area contributed by atoms with Gasteiger partial charge in [0.05, 0.1) is 18.8 Å². The van der Waals surface area contributed by atoms with E-state index in [0.717, 1.165) is 32.5 Å². The first kappa shape index (κ1) is 16.3. The average molecular weight is 311 g/mol. The summed E-state index contributed by atoms with van der Waals surface area (Å²) < 4.78 is 5.64. The highest BCUT2D eigenvalue weighted by atomic mass is 35.5. The molecule has 1 amide bonds. The second-order valence-corrected chi connectivity index (χ2v) is 5.59. The molecule has 1 saturated heterocycles. The summed E-state index contributed by atoms with van der Waals surface area (Å²) in [6.45, 7) is 5.00. The molecular formula is C16H23ClN2O2. The van der Waals surface area contributed by atoms with Crippen molar-refractivity contribution in [3.05, 3.63) is 35.4 Å². The van der Waals surface area contributed by atoms with Crippen molar-refractivity contribution in [2.45, 2.75) is 38.5 Å². The lowest BCUT2D eigenvalue weighted by Gasteiger charge is -2.36. The molecule has 1 aromatic rings. The largest absolute Gasteiger partial charge is 0.375 e. The lowest BCUT2D eigenvalue weighted by atomic mass is 9.95. The van der Waals surface area contributed by atoms with Crippen LogP contribution in [-0.4, -0.2) is 42.6 Å². The number of nitrogens with one attached hydrogen (secondary N) is 1. The summed E-state index contributed by atoms with van der Waals surface area (Å²) in [5, 5.41) is 3.37. The summed E-state index contributed by atoms with van der Waals surface area (Å²) in [7, 11) is 0. The van der Waals surface area contributed by atoms with Crippen LogP contribution in [0, 0.1) is 0 Å². The van der Waals surface area contributed by atoms with Gasteiger partial charge in [-0.1, -0.05) is 31.2 Å². The molecule has 5 heteroatoms. The Bertz CT molecular complexity index is 495. The molecule has 1 aromatic carbocycles. The van der Waals surface area contributed by atoms with Gasteiger partial charge in [-0.2, -0.15) is 0 Å². The second kappa shape index (κ2) is 7.25. The van der Waals surface area contributed by atoms with Gasteiger partial charge in [0.2, 0.25) is 5.91 Å². The lowest BCUT2D eigenvalue weighted by Crippen LogP contribution is -2.54. The van der Waals surface area contributed by atoms with E-state index < -0.39 is 0 Å². The molecule has 0 aliphatic carbocycles. The van der Waals surface area contributed by atoms with E-state index >= 15 is 0 Å². The first-order valence-corrected chi connectivity index (χ1v) is 7.48. The minimum atomic E-state index is -0.0829. The normalized spacial score (nSPS) is 24.9. The number of fused-ring (bicyclic) bond motifs is 1. The Labute approximate surface area is 132 Å². The lowest BCUT2D eigenvalue weighted by molar-refractivity contribution is -0.141. The number of morpholine rings is 1. The number of hydrogen-bond donors (Lipinski definition) is 1. The molecule has 21 heavy (non-hydrogen) atoms. The van der Waals surface area contributed by atoms with E-state index in [4.69, 9.17) is 4.74 Å². The SMILES string of the molecule is CCC1CN(C(=O)C2Cc3ccccc3CN2)CCO1.Cl. The monoisotopic (exact) mass is 310 g/mol. The van der Waals surface area contributed by atoms with Crippen LogP contribution >= 0.6 is 12.4 Å². The fourth-order valence-electron chi connectivity index (χ4n) is 3.02. The van der Waals surface area contributed by atoms with Crippen LogP contribution in [-0.2, 0) is 22.5 Å². The molecule has 2 atom stereocenters. The maximum absolute atomic E-state index is 12.6. The van der Waals surface area contributed by atoms with Gasteiger partial charge in [0.15, 0.2) is 0 Å². The molecule has 2 aliphatic heterocycles. The minimum absolute atomic E-state index is 0. The molecule has 3 rings (SSSR count). The molecule has 0 radical (unpaired) electrons. The molecule has 0 bridgehead atoms. The Hall–Kier alpha value is -1.10. The molecule has 1 fully saturated rings. The van der Waals surface area contributed by atoms with Gasteiger partial charge < -0.3 is 15.0 Å². The smallest absolute Gasteiger partial charge is 0.240 e. The minimum Gasteiger partial charge on any atom is -0.375 e. The number of hydrogen-bond acceptors (Lipinski definition) is 3. The molecule has 116 valence electrons. The Morgan fingerprint density at radius 1 is 1.38 bits per heavy atom. The maximum atomic E-state index is 12.6. The van der Waals surface area contributed by atoms with Crippen LogP contribution in [0.5, 0.6) is 0 Å². The van der Waals surface area contributed by atoms with Gasteiger partial charge in [0.25, 0.3) is 0 Å². The van der Waals surface area contributed by atoms with Gasteiger partial charge in [0, 0.05) is 19.6 Å². The summed E-state index contributed by atoms with van der Waals surface area (Å²) in [5.74, 6) is 0.223. The van der Waals surface area contributed by atoms with Crippen LogP contribution in [0.15, 0.2) is 24.3 Å². The van der Waals surface area contributed by atoms with Crippen LogP contribution in [0.3, 0.4) is 0 Å². The number of halogens is 1. The molecule has 2 aliphatic rings. The number of nitrogens with zero attached hydrogens (tertiary/aromatic N) is 1. The van der Waals surface area contributed by atoms with Crippen molar-refractivity contribution < 1.29 is 9.53 Å². The number of amides is 1. The van der Waals surface area contributed by atoms with E-state index in [2.05, 4.69) is 30.4 Å². The molecule has 1 N–H and O–H groups in total. The van der Waals surface area contributed by atoms with Crippen LogP contribution in [0.2, 0.25) is 0 Å². The Morgan fingerprint density at radius 2 is 2.14 bits per heavy atom. The highest BCUT2D eigenvalue weighted by Gasteiger charge is 2.30. The number of benzene rings is 1. The van der Waals surface area contributed by atoms with Gasteiger partial charge in [-0.05, 0) is 24.0 Å². The zero-order chi connectivity index (χ0) is 13.9. The van der Waals surface area contributed by atoms with Crippen molar-refractivity contribution in [1.82, 2.24) is 10.2 Å². The van der Waals surface area contributed by atoms with Gasteiger partial charge >= 0.3 is 0 Å². The first-order valence-electron chi connectivity index (χ1n) is 7.48. The highest BCUT2D eigenvalue weighted by molar-refractivity contribution is 5.85. The summed E-state index contributed by atoms with van der Waals surface area (Å²) in [6.07, 6.45) is 1.96. The summed E-state index contributed by atoms with van der Waals surface area (Å²) in [4.78, 5) is 14.6. The number of rotatable bonds is 2. The van der Waals surface area contributed by atoms with E-state index in [1.165, 1.54) is 11.1 Å². The van der Waals surface area contributed by atoms with Gasteiger partial charge in [-0.15, -0.1) is 12.4 Å². The zero-order valence-electron chi connectivity index (χ0n) is 12.4. The van der Waals surface area contributed by atoms with Crippen LogP contribution in [0.4, 0.5) is 0 Å². The molecular weight excluding hydrogens is 288 g/mol. The Morgan fingerprint density at radius 3 is 2.90 bits per heavy atom. The third-order valence-electron chi connectivity index (χ3n) is 4.29. The van der Waals surface area contributed by atoms with Crippen LogP contribution in [0.25, 0.3) is 0 Å². The van der Waals surface area contributed by atoms with Crippen molar-refractivity contribution in [2.24, 2.45) is 0 Å². The van der Waals surface area contributed by atoms with Gasteiger partial charge in [0.1, 0.15) is 0 Å². The second-order valence-electron chi connectivity index (χ2n) is 5.59. The predicted molar refractivity (Wildman–Crippen MR) is 84.6 cm³/mol. The van der Waals surface area contributed by atoms with Crippen molar-refractivity contribution in [1.29, 1.82) is 0 Å². The van der Waals surface area contributed by atoms with Crippen molar-refractivity contribution >= 4 is 18.3 Å². The van der Waals surface area contributed by atoms with E-state index in [1.807, 2.05) is 11.0 Å². The van der Waals surface area contributed by atoms with E-state index in [1.54, 1.807) is 0 Å². The van der Waals surface area contributed by atoms with E-state index in [0.29, 0.717) is 6.61 Å². The quantitative estimate of drug-likeness (QED) is 0.905. The number of ether oxygens (including phenoxy) is 1.